The van der Waals surface area contributed by atoms with E-state index in [2.05, 4.69) is 30.0 Å². The minimum atomic E-state index is 0.0846. The van der Waals surface area contributed by atoms with Crippen molar-refractivity contribution in [2.24, 2.45) is 12.8 Å². The van der Waals surface area contributed by atoms with Crippen LogP contribution < -0.4 is 5.73 Å². The van der Waals surface area contributed by atoms with Crippen LogP contribution in [0.5, 0.6) is 0 Å². The molecule has 0 spiro atoms. The van der Waals surface area contributed by atoms with Gasteiger partial charge in [-0.05, 0) is 13.3 Å². The standard InChI is InChI=1S/C13H24N4O/c1-4-12-9-18-6-5-17(12)13(10(2)14)11-7-15-16(3)8-11/h7-8,10,12-13H,4-6,9,14H2,1-3H3. The van der Waals surface area contributed by atoms with Gasteiger partial charge in [0.2, 0.25) is 0 Å². The van der Waals surface area contributed by atoms with E-state index in [1.165, 1.54) is 5.56 Å². The lowest BCUT2D eigenvalue weighted by Gasteiger charge is -2.42. The second-order valence-electron chi connectivity index (χ2n) is 5.13. The Bertz CT molecular complexity index is 377. The summed E-state index contributed by atoms with van der Waals surface area (Å²) in [5.41, 5.74) is 7.41. The summed E-state index contributed by atoms with van der Waals surface area (Å²) in [6.07, 6.45) is 5.08. The lowest BCUT2D eigenvalue weighted by atomic mass is 9.99. The van der Waals surface area contributed by atoms with Crippen LogP contribution in [-0.4, -0.2) is 46.5 Å². The van der Waals surface area contributed by atoms with Crippen molar-refractivity contribution in [1.82, 2.24) is 14.7 Å². The Morgan fingerprint density at radius 3 is 2.94 bits per heavy atom. The van der Waals surface area contributed by atoms with Crippen molar-refractivity contribution in [3.63, 3.8) is 0 Å². The molecule has 1 saturated heterocycles. The molecule has 0 aromatic carbocycles. The van der Waals surface area contributed by atoms with Crippen LogP contribution in [0.25, 0.3) is 0 Å². The summed E-state index contributed by atoms with van der Waals surface area (Å²) in [6.45, 7) is 6.81. The maximum Gasteiger partial charge on any atom is 0.0622 e. The molecule has 3 unspecified atom stereocenters. The van der Waals surface area contributed by atoms with Gasteiger partial charge in [-0.2, -0.15) is 5.10 Å². The van der Waals surface area contributed by atoms with Crippen LogP contribution in [0, 0.1) is 0 Å². The molecule has 0 radical (unpaired) electrons. The van der Waals surface area contributed by atoms with Crippen LogP contribution in [0.2, 0.25) is 0 Å². The maximum absolute atomic E-state index is 6.21. The van der Waals surface area contributed by atoms with Gasteiger partial charge >= 0.3 is 0 Å². The minimum Gasteiger partial charge on any atom is -0.378 e. The summed E-state index contributed by atoms with van der Waals surface area (Å²) < 4.78 is 7.41. The third kappa shape index (κ3) is 2.74. The van der Waals surface area contributed by atoms with E-state index >= 15 is 0 Å². The number of hydrogen-bond donors (Lipinski definition) is 1. The van der Waals surface area contributed by atoms with Gasteiger partial charge in [-0.25, -0.2) is 0 Å². The highest BCUT2D eigenvalue weighted by Gasteiger charge is 2.32. The average Bonchev–Trinajstić information content (AvgIpc) is 2.76. The predicted octanol–water partition coefficient (Wildman–Crippen LogP) is 0.919. The molecule has 2 rings (SSSR count). The molecule has 2 N–H and O–H groups in total. The summed E-state index contributed by atoms with van der Waals surface area (Å²) >= 11 is 0. The molecule has 102 valence electrons. The number of nitrogens with zero attached hydrogens (tertiary/aromatic N) is 3. The Hall–Kier alpha value is -0.910. The van der Waals surface area contributed by atoms with Crippen molar-refractivity contribution in [3.8, 4) is 0 Å². The van der Waals surface area contributed by atoms with Gasteiger partial charge in [0.25, 0.3) is 0 Å². The summed E-state index contributed by atoms with van der Waals surface area (Å²) in [5.74, 6) is 0. The van der Waals surface area contributed by atoms with Gasteiger partial charge in [0.05, 0.1) is 25.5 Å². The van der Waals surface area contributed by atoms with Crippen molar-refractivity contribution in [2.75, 3.05) is 19.8 Å². The zero-order valence-corrected chi connectivity index (χ0v) is 11.5. The number of aromatic nitrogens is 2. The SMILES string of the molecule is CCC1COCCN1C(c1cnn(C)c1)C(C)N. The zero-order chi connectivity index (χ0) is 13.1. The first-order valence-electron chi connectivity index (χ1n) is 6.71. The van der Waals surface area contributed by atoms with Gasteiger partial charge < -0.3 is 10.5 Å². The fourth-order valence-electron chi connectivity index (χ4n) is 2.78. The minimum absolute atomic E-state index is 0.0846. The summed E-state index contributed by atoms with van der Waals surface area (Å²) in [6, 6.07) is 0.767. The second-order valence-corrected chi connectivity index (χ2v) is 5.13. The summed E-state index contributed by atoms with van der Waals surface area (Å²) in [5, 5.41) is 4.27. The molecule has 0 aliphatic carbocycles. The van der Waals surface area contributed by atoms with Crippen molar-refractivity contribution in [3.05, 3.63) is 18.0 Å². The molecule has 5 nitrogen and oxygen atoms in total. The van der Waals surface area contributed by atoms with E-state index in [1.54, 1.807) is 0 Å². The van der Waals surface area contributed by atoms with Gasteiger partial charge in [-0.1, -0.05) is 6.92 Å². The average molecular weight is 252 g/mol. The number of rotatable bonds is 4. The van der Waals surface area contributed by atoms with Crippen molar-refractivity contribution in [2.45, 2.75) is 38.4 Å². The molecule has 3 atom stereocenters. The van der Waals surface area contributed by atoms with Crippen LogP contribution in [0.15, 0.2) is 12.4 Å². The van der Waals surface area contributed by atoms with E-state index in [9.17, 15) is 0 Å². The fraction of sp³-hybridized carbons (Fsp3) is 0.769. The van der Waals surface area contributed by atoms with Crippen LogP contribution >= 0.6 is 0 Å². The normalized spacial score (nSPS) is 25.0. The van der Waals surface area contributed by atoms with Gasteiger partial charge in [0.1, 0.15) is 0 Å². The Kier molecular flexibility index (Phi) is 4.37. The molecular weight excluding hydrogens is 228 g/mol. The summed E-state index contributed by atoms with van der Waals surface area (Å²) in [4.78, 5) is 2.48. The third-order valence-electron chi connectivity index (χ3n) is 3.67. The molecular formula is C13H24N4O. The molecule has 2 heterocycles. The Balaban J connectivity index is 2.23. The lowest BCUT2D eigenvalue weighted by molar-refractivity contribution is -0.0349. The Morgan fingerprint density at radius 1 is 1.61 bits per heavy atom. The maximum atomic E-state index is 6.21. The first kappa shape index (κ1) is 13.5. The molecule has 1 fully saturated rings. The Labute approximate surface area is 109 Å². The van der Waals surface area contributed by atoms with Gasteiger partial charge in [0.15, 0.2) is 0 Å². The van der Waals surface area contributed by atoms with E-state index in [0.717, 1.165) is 26.2 Å². The molecule has 1 aromatic rings. The van der Waals surface area contributed by atoms with E-state index in [1.807, 2.05) is 17.9 Å². The van der Waals surface area contributed by atoms with Crippen molar-refractivity contribution < 1.29 is 4.74 Å². The van der Waals surface area contributed by atoms with E-state index in [-0.39, 0.29) is 12.1 Å². The molecule has 1 aromatic heterocycles. The van der Waals surface area contributed by atoms with Gasteiger partial charge in [-0.15, -0.1) is 0 Å². The van der Waals surface area contributed by atoms with E-state index < -0.39 is 0 Å². The quantitative estimate of drug-likeness (QED) is 0.865. The highest BCUT2D eigenvalue weighted by atomic mass is 16.5. The number of nitrogens with two attached hydrogens (primary N) is 1. The molecule has 1 aliphatic heterocycles. The molecule has 0 bridgehead atoms. The second kappa shape index (κ2) is 5.82. The van der Waals surface area contributed by atoms with Crippen LogP contribution in [0.4, 0.5) is 0 Å². The van der Waals surface area contributed by atoms with Gasteiger partial charge in [-0.3, -0.25) is 9.58 Å². The van der Waals surface area contributed by atoms with Crippen LogP contribution in [0.3, 0.4) is 0 Å². The fourth-order valence-corrected chi connectivity index (χ4v) is 2.78. The summed E-state index contributed by atoms with van der Waals surface area (Å²) in [7, 11) is 1.94. The number of ether oxygens (including phenoxy) is 1. The first-order chi connectivity index (χ1) is 8.63. The third-order valence-corrected chi connectivity index (χ3v) is 3.67. The molecule has 0 amide bonds. The largest absolute Gasteiger partial charge is 0.378 e. The zero-order valence-electron chi connectivity index (χ0n) is 11.5. The smallest absolute Gasteiger partial charge is 0.0622 e. The van der Waals surface area contributed by atoms with Crippen LogP contribution in [0.1, 0.15) is 31.9 Å². The van der Waals surface area contributed by atoms with E-state index in [4.69, 9.17) is 10.5 Å². The predicted molar refractivity (Wildman–Crippen MR) is 71.2 cm³/mol. The van der Waals surface area contributed by atoms with Crippen molar-refractivity contribution >= 4 is 0 Å². The number of morpholine rings is 1. The number of aryl methyl sites for hydroxylation is 1. The monoisotopic (exact) mass is 252 g/mol. The van der Waals surface area contributed by atoms with Gasteiger partial charge in [0, 0.05) is 37.4 Å². The molecule has 1 aliphatic rings. The highest BCUT2D eigenvalue weighted by molar-refractivity contribution is 5.14. The van der Waals surface area contributed by atoms with Crippen molar-refractivity contribution in [1.29, 1.82) is 0 Å². The molecule has 5 heteroatoms. The molecule has 18 heavy (non-hydrogen) atoms. The number of hydrogen-bond acceptors (Lipinski definition) is 4. The topological polar surface area (TPSA) is 56.3 Å². The lowest BCUT2D eigenvalue weighted by Crippen LogP contribution is -2.51. The molecule has 0 saturated carbocycles. The first-order valence-corrected chi connectivity index (χ1v) is 6.71. The van der Waals surface area contributed by atoms with Crippen LogP contribution in [-0.2, 0) is 11.8 Å². The Morgan fingerprint density at radius 2 is 2.39 bits per heavy atom. The highest BCUT2D eigenvalue weighted by Crippen LogP contribution is 2.27. The van der Waals surface area contributed by atoms with E-state index in [0.29, 0.717) is 6.04 Å².